The van der Waals surface area contributed by atoms with Crippen molar-refractivity contribution in [3.05, 3.63) is 83.1 Å². The first-order valence-corrected chi connectivity index (χ1v) is 11.9. The smallest absolute Gasteiger partial charge is 0.252 e. The van der Waals surface area contributed by atoms with E-state index in [0.29, 0.717) is 61.2 Å². The van der Waals surface area contributed by atoms with Crippen LogP contribution in [0.25, 0.3) is 21.8 Å². The number of methoxy groups -OCH3 is 2. The number of pyridine rings is 2. The van der Waals surface area contributed by atoms with Gasteiger partial charge in [-0.05, 0) is 42.5 Å². The number of carbonyl (C=O) groups is 2. The number of carbonyl (C=O) groups excluding carboxylic acids is 2. The van der Waals surface area contributed by atoms with Crippen LogP contribution in [0.4, 0.5) is 11.4 Å². The van der Waals surface area contributed by atoms with Gasteiger partial charge in [0.1, 0.15) is 23.0 Å². The van der Waals surface area contributed by atoms with E-state index < -0.39 is 11.8 Å². The Morgan fingerprint density at radius 2 is 1.33 bits per heavy atom. The molecule has 0 aliphatic rings. The summed E-state index contributed by atoms with van der Waals surface area (Å²) in [5, 5.41) is 4.86. The third kappa shape index (κ3) is 4.92. The number of rotatable bonds is 8. The van der Waals surface area contributed by atoms with E-state index in [4.69, 9.17) is 37.3 Å². The minimum Gasteiger partial charge on any atom is -0.496 e. The van der Waals surface area contributed by atoms with Crippen LogP contribution in [0.3, 0.4) is 0 Å². The monoisotopic (exact) mass is 543 g/mol. The van der Waals surface area contributed by atoms with Gasteiger partial charge in [-0.25, -0.2) is 0 Å². The Hall–Kier alpha value is -5.09. The van der Waals surface area contributed by atoms with Crippen molar-refractivity contribution in [3.8, 4) is 23.0 Å². The number of halogens is 1. The summed E-state index contributed by atoms with van der Waals surface area (Å²) in [5.74, 6) is 0.222. The molecule has 39 heavy (non-hydrogen) atoms. The van der Waals surface area contributed by atoms with E-state index in [9.17, 15) is 9.59 Å². The molecule has 11 heteroatoms. The summed E-state index contributed by atoms with van der Waals surface area (Å²) in [6, 6.07) is 15.1. The number of hydrogen-bond donors (Lipinski definition) is 3. The average Bonchev–Trinajstić information content (AvgIpc) is 2.93. The number of hydrogen-bond acceptors (Lipinski definition) is 8. The summed E-state index contributed by atoms with van der Waals surface area (Å²) in [6.45, 7) is 0. The average molecular weight is 544 g/mol. The highest BCUT2D eigenvalue weighted by Crippen LogP contribution is 2.38. The molecule has 0 radical (unpaired) electrons. The zero-order chi connectivity index (χ0) is 27.7. The summed E-state index contributed by atoms with van der Waals surface area (Å²) in [4.78, 5) is 32.5. The van der Waals surface area contributed by atoms with Gasteiger partial charge < -0.3 is 31.0 Å². The van der Waals surface area contributed by atoms with Crippen molar-refractivity contribution < 1.29 is 23.8 Å². The Kier molecular flexibility index (Phi) is 6.78. The Labute approximate surface area is 227 Å². The fraction of sp³-hybridized carbons (Fsp3) is 0.0714. The lowest BCUT2D eigenvalue weighted by atomic mass is 10.1. The van der Waals surface area contributed by atoms with Crippen LogP contribution < -0.4 is 31.0 Å². The second-order valence-corrected chi connectivity index (χ2v) is 8.81. The zero-order valence-electron chi connectivity index (χ0n) is 20.8. The summed E-state index contributed by atoms with van der Waals surface area (Å²) in [5.41, 5.74) is 14.0. The van der Waals surface area contributed by atoms with Gasteiger partial charge in [-0.15, -0.1) is 0 Å². The molecule has 0 fully saturated rings. The van der Waals surface area contributed by atoms with Gasteiger partial charge in [-0.2, -0.15) is 0 Å². The Morgan fingerprint density at radius 3 is 1.92 bits per heavy atom. The molecule has 2 heterocycles. The summed E-state index contributed by atoms with van der Waals surface area (Å²) < 4.78 is 16.7. The van der Waals surface area contributed by atoms with Crippen molar-refractivity contribution in [1.82, 2.24) is 9.97 Å². The van der Waals surface area contributed by atoms with Crippen molar-refractivity contribution in [2.24, 2.45) is 11.5 Å². The van der Waals surface area contributed by atoms with E-state index in [0.717, 1.165) is 0 Å². The highest BCUT2D eigenvalue weighted by molar-refractivity contribution is 6.32. The summed E-state index contributed by atoms with van der Waals surface area (Å²) >= 11 is 6.59. The third-order valence-electron chi connectivity index (χ3n) is 6.05. The molecule has 5 aromatic rings. The lowest BCUT2D eigenvalue weighted by molar-refractivity contribution is 0.0989. The minimum absolute atomic E-state index is 0.204. The normalized spacial score (nSPS) is 10.8. The second-order valence-electron chi connectivity index (χ2n) is 8.41. The van der Waals surface area contributed by atoms with Gasteiger partial charge in [-0.3, -0.25) is 19.6 Å². The predicted molar refractivity (Wildman–Crippen MR) is 148 cm³/mol. The molecule has 0 unspecified atom stereocenters. The largest absolute Gasteiger partial charge is 0.496 e. The molecular weight excluding hydrogens is 522 g/mol. The van der Waals surface area contributed by atoms with E-state index in [1.807, 2.05) is 0 Å². The summed E-state index contributed by atoms with van der Waals surface area (Å²) in [6.07, 6.45) is 3.21. The van der Waals surface area contributed by atoms with Crippen molar-refractivity contribution in [1.29, 1.82) is 0 Å². The molecule has 0 aliphatic heterocycles. The molecule has 0 aliphatic carbocycles. The molecule has 0 saturated carbocycles. The number of ether oxygens (including phenoxy) is 3. The van der Waals surface area contributed by atoms with Crippen molar-refractivity contribution in [3.63, 3.8) is 0 Å². The number of nitrogens with one attached hydrogen (secondary N) is 1. The van der Waals surface area contributed by atoms with Crippen LogP contribution >= 0.6 is 11.6 Å². The van der Waals surface area contributed by atoms with Gasteiger partial charge in [-0.1, -0.05) is 11.6 Å². The van der Waals surface area contributed by atoms with E-state index in [1.54, 1.807) is 67.0 Å². The Balaban J connectivity index is 1.47. The second kappa shape index (κ2) is 10.3. The van der Waals surface area contributed by atoms with E-state index in [-0.39, 0.29) is 11.1 Å². The maximum absolute atomic E-state index is 11.9. The van der Waals surface area contributed by atoms with Crippen LogP contribution in [0.2, 0.25) is 5.02 Å². The molecule has 196 valence electrons. The summed E-state index contributed by atoms with van der Waals surface area (Å²) in [7, 11) is 2.91. The number of nitrogens with zero attached hydrogens (tertiary/aromatic N) is 2. The number of amides is 2. The Morgan fingerprint density at radius 1 is 0.744 bits per heavy atom. The molecule has 5 N–H and O–H groups in total. The van der Waals surface area contributed by atoms with Crippen LogP contribution in [0.5, 0.6) is 23.0 Å². The van der Waals surface area contributed by atoms with E-state index in [2.05, 4.69) is 15.3 Å². The molecule has 3 aromatic carbocycles. The number of fused-ring (bicyclic) bond motifs is 2. The van der Waals surface area contributed by atoms with E-state index >= 15 is 0 Å². The SMILES string of the molecule is COc1cc2nccc(Nc3ccc(Oc4ccnc5cc(OC)c(C(N)=O)cc45)c(Cl)c3)c2cc1C(N)=O. The number of aromatic nitrogens is 2. The van der Waals surface area contributed by atoms with Gasteiger partial charge in [0.2, 0.25) is 0 Å². The van der Waals surface area contributed by atoms with Crippen LogP contribution in [-0.4, -0.2) is 36.0 Å². The highest BCUT2D eigenvalue weighted by atomic mass is 35.5. The van der Waals surface area contributed by atoms with Gasteiger partial charge in [0, 0.05) is 46.7 Å². The topological polar surface area (TPSA) is 152 Å². The first-order chi connectivity index (χ1) is 18.8. The molecule has 0 saturated heterocycles. The lowest BCUT2D eigenvalue weighted by Crippen LogP contribution is -2.12. The third-order valence-corrected chi connectivity index (χ3v) is 6.34. The number of benzene rings is 3. The first-order valence-electron chi connectivity index (χ1n) is 11.6. The van der Waals surface area contributed by atoms with Crippen LogP contribution in [0, 0.1) is 0 Å². The van der Waals surface area contributed by atoms with Crippen LogP contribution in [0.15, 0.2) is 67.0 Å². The van der Waals surface area contributed by atoms with Gasteiger partial charge >= 0.3 is 0 Å². The highest BCUT2D eigenvalue weighted by Gasteiger charge is 2.16. The predicted octanol–water partition coefficient (Wildman–Crippen LogP) is 5.19. The molecule has 10 nitrogen and oxygen atoms in total. The number of primary amides is 2. The van der Waals surface area contributed by atoms with Gasteiger partial charge in [0.15, 0.2) is 0 Å². The zero-order valence-corrected chi connectivity index (χ0v) is 21.6. The van der Waals surface area contributed by atoms with Crippen molar-refractivity contribution in [2.45, 2.75) is 0 Å². The maximum atomic E-state index is 11.9. The van der Waals surface area contributed by atoms with Gasteiger partial charge in [0.25, 0.3) is 11.8 Å². The lowest BCUT2D eigenvalue weighted by Gasteiger charge is -2.15. The molecular formula is C28H22ClN5O5. The quantitative estimate of drug-likeness (QED) is 0.242. The molecule has 2 aromatic heterocycles. The molecule has 0 atom stereocenters. The number of nitrogens with two attached hydrogens (primary N) is 2. The molecule has 2 amide bonds. The molecule has 0 bridgehead atoms. The van der Waals surface area contributed by atoms with Crippen molar-refractivity contribution >= 4 is 56.6 Å². The first kappa shape index (κ1) is 25.6. The number of anilines is 2. The van der Waals surface area contributed by atoms with Crippen LogP contribution in [0.1, 0.15) is 20.7 Å². The Bertz CT molecular complexity index is 1780. The van der Waals surface area contributed by atoms with Crippen LogP contribution in [-0.2, 0) is 0 Å². The van der Waals surface area contributed by atoms with Crippen molar-refractivity contribution in [2.75, 3.05) is 19.5 Å². The van der Waals surface area contributed by atoms with Gasteiger partial charge in [0.05, 0.1) is 41.4 Å². The standard InChI is InChI=1S/C28H22ClN5O5/c1-37-25-12-21-15(10-17(25)27(30)35)20(5-7-32-21)34-14-3-4-24(19(29)9-14)39-23-6-8-33-22-13-26(38-2)18(28(31)36)11-16(22)23/h3-13H,1-2H3,(H2,30,35)(H2,31,36)(H,32,34). The fourth-order valence-electron chi connectivity index (χ4n) is 4.18. The maximum Gasteiger partial charge on any atom is 0.252 e. The molecule has 0 spiro atoms. The van der Waals surface area contributed by atoms with E-state index in [1.165, 1.54) is 14.2 Å². The minimum atomic E-state index is -0.637. The fourth-order valence-corrected chi connectivity index (χ4v) is 4.40. The molecule has 5 rings (SSSR count).